The Bertz CT molecular complexity index is 3390. The second kappa shape index (κ2) is 16.2. The molecule has 63 heavy (non-hydrogen) atoms. The number of rotatable bonds is 8. The van der Waals surface area contributed by atoms with Gasteiger partial charge in [0.15, 0.2) is 29.1 Å². The standard InChI is InChI=1S/C54H34F2N6S/c55-43-23-17-35(18-24-43)51-57-49(33-9-3-1-4-10-33)59-53(61-51)41-15-7-13-37(29-41)39-21-27-47-45(31-39)46-32-40(22-28-48(46)63-47)38-14-8-16-42(30-38)54-60-50(34-11-5-2-6-12-34)58-52(62-54)36-19-25-44(56)26-20-36/h1-15,17-32,42H,16H2. The fourth-order valence-corrected chi connectivity index (χ4v) is 9.05. The van der Waals surface area contributed by atoms with E-state index in [9.17, 15) is 8.78 Å². The second-order valence-electron chi connectivity index (χ2n) is 15.4. The lowest BCUT2D eigenvalue weighted by molar-refractivity contribution is 0.627. The first-order valence-corrected chi connectivity index (χ1v) is 21.4. The molecular formula is C54H34F2N6S. The van der Waals surface area contributed by atoms with Crippen LogP contribution in [0.15, 0.2) is 188 Å². The molecule has 0 saturated carbocycles. The summed E-state index contributed by atoms with van der Waals surface area (Å²) in [6, 6.07) is 53.7. The van der Waals surface area contributed by atoms with Crippen LogP contribution in [0.2, 0.25) is 0 Å². The van der Waals surface area contributed by atoms with Gasteiger partial charge in [0, 0.05) is 53.9 Å². The maximum absolute atomic E-state index is 13.9. The van der Waals surface area contributed by atoms with Crippen LogP contribution in [0, 0.1) is 11.6 Å². The van der Waals surface area contributed by atoms with Crippen molar-refractivity contribution >= 4 is 37.1 Å². The van der Waals surface area contributed by atoms with Gasteiger partial charge in [0.2, 0.25) is 0 Å². The minimum atomic E-state index is -0.319. The molecule has 1 aliphatic carbocycles. The Hall–Kier alpha value is -7.88. The molecule has 3 aromatic heterocycles. The number of nitrogens with zero attached hydrogens (tertiary/aromatic N) is 6. The normalized spacial score (nSPS) is 13.7. The molecule has 300 valence electrons. The third-order valence-electron chi connectivity index (χ3n) is 11.2. The quantitative estimate of drug-likeness (QED) is 0.152. The van der Waals surface area contributed by atoms with Crippen molar-refractivity contribution < 1.29 is 8.78 Å². The van der Waals surface area contributed by atoms with Crippen molar-refractivity contribution in [3.8, 4) is 68.1 Å². The first-order valence-electron chi connectivity index (χ1n) is 20.6. The van der Waals surface area contributed by atoms with Crippen molar-refractivity contribution in [1.82, 2.24) is 29.9 Å². The summed E-state index contributed by atoms with van der Waals surface area (Å²) in [6.45, 7) is 0. The number of hydrogen-bond acceptors (Lipinski definition) is 7. The van der Waals surface area contributed by atoms with E-state index in [0.717, 1.165) is 50.9 Å². The fraction of sp³-hybridized carbons (Fsp3) is 0.0370. The summed E-state index contributed by atoms with van der Waals surface area (Å²) < 4.78 is 30.2. The molecule has 7 aromatic carbocycles. The molecule has 0 fully saturated rings. The predicted molar refractivity (Wildman–Crippen MR) is 250 cm³/mol. The Labute approximate surface area is 365 Å². The van der Waals surface area contributed by atoms with E-state index in [1.807, 2.05) is 72.8 Å². The van der Waals surface area contributed by atoms with Gasteiger partial charge in [-0.3, -0.25) is 0 Å². The van der Waals surface area contributed by atoms with Gasteiger partial charge in [-0.05, 0) is 108 Å². The van der Waals surface area contributed by atoms with Crippen LogP contribution in [-0.4, -0.2) is 29.9 Å². The van der Waals surface area contributed by atoms with Crippen molar-refractivity contribution in [1.29, 1.82) is 0 Å². The summed E-state index contributed by atoms with van der Waals surface area (Å²) in [5, 5.41) is 2.36. The maximum atomic E-state index is 13.9. The van der Waals surface area contributed by atoms with Crippen LogP contribution in [0.4, 0.5) is 8.78 Å². The topological polar surface area (TPSA) is 77.3 Å². The molecule has 1 unspecified atom stereocenters. The zero-order valence-corrected chi connectivity index (χ0v) is 34.3. The van der Waals surface area contributed by atoms with E-state index in [4.69, 9.17) is 29.9 Å². The third-order valence-corrected chi connectivity index (χ3v) is 12.4. The van der Waals surface area contributed by atoms with Gasteiger partial charge in [-0.1, -0.05) is 109 Å². The Morgan fingerprint density at radius 1 is 0.397 bits per heavy atom. The molecule has 11 rings (SSSR count). The zero-order valence-electron chi connectivity index (χ0n) is 33.5. The highest BCUT2D eigenvalue weighted by Crippen LogP contribution is 2.40. The molecule has 0 amide bonds. The average Bonchev–Trinajstić information content (AvgIpc) is 3.72. The van der Waals surface area contributed by atoms with Crippen LogP contribution >= 0.6 is 11.3 Å². The lowest BCUT2D eigenvalue weighted by Crippen LogP contribution is -2.08. The van der Waals surface area contributed by atoms with Crippen molar-refractivity contribution in [3.63, 3.8) is 0 Å². The zero-order chi connectivity index (χ0) is 42.3. The van der Waals surface area contributed by atoms with Crippen LogP contribution in [0.1, 0.15) is 23.7 Å². The Morgan fingerprint density at radius 3 is 1.40 bits per heavy atom. The molecule has 0 saturated heterocycles. The van der Waals surface area contributed by atoms with Crippen molar-refractivity contribution in [3.05, 3.63) is 211 Å². The summed E-state index contributed by atoms with van der Waals surface area (Å²) in [5.41, 5.74) is 8.33. The molecule has 10 aromatic rings. The predicted octanol–water partition coefficient (Wildman–Crippen LogP) is 13.8. The van der Waals surface area contributed by atoms with Gasteiger partial charge in [0.05, 0.1) is 0 Å². The van der Waals surface area contributed by atoms with E-state index in [2.05, 4.69) is 66.8 Å². The van der Waals surface area contributed by atoms with Gasteiger partial charge in [-0.25, -0.2) is 38.7 Å². The van der Waals surface area contributed by atoms with E-state index < -0.39 is 0 Å². The fourth-order valence-electron chi connectivity index (χ4n) is 7.98. The van der Waals surface area contributed by atoms with Gasteiger partial charge in [0.1, 0.15) is 17.5 Å². The molecule has 6 nitrogen and oxygen atoms in total. The number of halogens is 2. The van der Waals surface area contributed by atoms with E-state index in [1.165, 1.54) is 44.4 Å². The number of hydrogen-bond donors (Lipinski definition) is 0. The van der Waals surface area contributed by atoms with E-state index in [-0.39, 0.29) is 17.6 Å². The first kappa shape index (κ1) is 38.1. The highest BCUT2D eigenvalue weighted by Gasteiger charge is 2.21. The van der Waals surface area contributed by atoms with Gasteiger partial charge in [0.25, 0.3) is 0 Å². The highest BCUT2D eigenvalue weighted by atomic mass is 32.1. The molecule has 0 bridgehead atoms. The third kappa shape index (κ3) is 7.71. The monoisotopic (exact) mass is 836 g/mol. The highest BCUT2D eigenvalue weighted by molar-refractivity contribution is 7.25. The Morgan fingerprint density at radius 2 is 0.825 bits per heavy atom. The van der Waals surface area contributed by atoms with Crippen LogP contribution < -0.4 is 0 Å². The first-order chi connectivity index (χ1) is 31.0. The Balaban J connectivity index is 0.946. The molecule has 3 heterocycles. The number of fused-ring (bicyclic) bond motifs is 3. The van der Waals surface area contributed by atoms with Crippen molar-refractivity contribution in [2.75, 3.05) is 0 Å². The molecule has 0 spiro atoms. The van der Waals surface area contributed by atoms with E-state index in [1.54, 1.807) is 35.6 Å². The van der Waals surface area contributed by atoms with Gasteiger partial charge < -0.3 is 0 Å². The van der Waals surface area contributed by atoms with E-state index >= 15 is 0 Å². The molecule has 1 aliphatic rings. The summed E-state index contributed by atoms with van der Waals surface area (Å²) in [5.74, 6) is 2.58. The largest absolute Gasteiger partial charge is 0.212 e. The van der Waals surface area contributed by atoms with Crippen LogP contribution in [-0.2, 0) is 0 Å². The van der Waals surface area contributed by atoms with E-state index in [0.29, 0.717) is 40.5 Å². The lowest BCUT2D eigenvalue weighted by Gasteiger charge is -2.17. The summed E-state index contributed by atoms with van der Waals surface area (Å²) in [4.78, 5) is 29.4. The van der Waals surface area contributed by atoms with Crippen LogP contribution in [0.3, 0.4) is 0 Å². The molecular weight excluding hydrogens is 803 g/mol. The smallest absolute Gasteiger partial charge is 0.164 e. The SMILES string of the molecule is Fc1ccc(-c2nc(-c3ccccc3)nc(-c3cccc(-c4ccc5sc6ccc(C7=CC(c8nc(-c9ccccc9)nc(-c9ccc(F)cc9)n8)CC=C7)cc6c5c4)c3)n2)cc1. The van der Waals surface area contributed by atoms with Gasteiger partial charge >= 0.3 is 0 Å². The summed E-state index contributed by atoms with van der Waals surface area (Å²) in [6.07, 6.45) is 7.34. The average molecular weight is 837 g/mol. The van der Waals surface area contributed by atoms with Crippen molar-refractivity contribution in [2.45, 2.75) is 12.3 Å². The maximum Gasteiger partial charge on any atom is 0.164 e. The molecule has 0 aliphatic heterocycles. The van der Waals surface area contributed by atoms with Crippen LogP contribution in [0.25, 0.3) is 93.8 Å². The van der Waals surface area contributed by atoms with Gasteiger partial charge in [-0.15, -0.1) is 11.3 Å². The molecule has 1 atom stereocenters. The number of thiophene rings is 1. The minimum absolute atomic E-state index is 0.0941. The number of aromatic nitrogens is 6. The Kier molecular flexibility index (Phi) is 9.78. The lowest BCUT2D eigenvalue weighted by atomic mass is 9.91. The van der Waals surface area contributed by atoms with Gasteiger partial charge in [-0.2, -0.15) is 0 Å². The number of allylic oxidation sites excluding steroid dienone is 4. The summed E-state index contributed by atoms with van der Waals surface area (Å²) in [7, 11) is 0. The molecule has 0 N–H and O–H groups in total. The molecule has 9 heteroatoms. The minimum Gasteiger partial charge on any atom is -0.212 e. The number of benzene rings is 7. The van der Waals surface area contributed by atoms with Crippen molar-refractivity contribution in [2.24, 2.45) is 0 Å². The second-order valence-corrected chi connectivity index (χ2v) is 16.4. The molecule has 0 radical (unpaired) electrons. The summed E-state index contributed by atoms with van der Waals surface area (Å²) >= 11 is 1.78. The van der Waals surface area contributed by atoms with Crippen LogP contribution in [0.5, 0.6) is 0 Å².